The number of para-hydroxylation sites is 6. The third-order valence-electron chi connectivity index (χ3n) is 11.8. The first-order valence-corrected chi connectivity index (χ1v) is 18.4. The maximum absolute atomic E-state index is 14.5. The first-order chi connectivity index (χ1) is 26.7. The predicted octanol–water partition coefficient (Wildman–Crippen LogP) is 12.2. The predicted molar refractivity (Wildman–Crippen MR) is 220 cm³/mol. The summed E-state index contributed by atoms with van der Waals surface area (Å²) in [6.07, 6.45) is 0. The van der Waals surface area contributed by atoms with Gasteiger partial charge in [0.05, 0.1) is 28.0 Å². The Hall–Kier alpha value is -7.17. The van der Waals surface area contributed by atoms with Crippen LogP contribution < -0.4 is 10.5 Å². The minimum atomic E-state index is -0.689. The molecule has 0 fully saturated rings. The van der Waals surface area contributed by atoms with Gasteiger partial charge in [-0.05, 0) is 75.7 Å². The summed E-state index contributed by atoms with van der Waals surface area (Å²) in [7, 11) is 0. The standard InChI is InChI=1S/C50H30N2O2/c53-49-38-15-2-1-13-34(38)36-17-12-22-42-47(36)52(49)45-25-9-6-21-41(45)50(42)39-19-4-7-23-43(39)51(44-24-8-5-20-40(44)50)32-29-27-31(28-30-32)33-16-11-18-37-35-14-3-10-26-46(35)54-48(33)37/h1-30H. The monoisotopic (exact) mass is 690 g/mol. The molecule has 2 aliphatic rings. The van der Waals surface area contributed by atoms with E-state index in [0.717, 1.165) is 88.6 Å². The summed E-state index contributed by atoms with van der Waals surface area (Å²) >= 11 is 0. The topological polar surface area (TPSA) is 38.4 Å². The molecule has 0 saturated heterocycles. The molecule has 2 aliphatic heterocycles. The van der Waals surface area contributed by atoms with E-state index >= 15 is 0 Å². The largest absolute Gasteiger partial charge is 0.455 e. The van der Waals surface area contributed by atoms with Crippen molar-refractivity contribution in [1.29, 1.82) is 0 Å². The Bertz CT molecular complexity index is 3210. The van der Waals surface area contributed by atoms with E-state index in [1.54, 1.807) is 0 Å². The van der Waals surface area contributed by atoms with Crippen LogP contribution in [0.1, 0.15) is 22.3 Å². The van der Waals surface area contributed by atoms with Gasteiger partial charge in [-0.15, -0.1) is 0 Å². The molecule has 0 aliphatic carbocycles. The van der Waals surface area contributed by atoms with Crippen LogP contribution in [-0.4, -0.2) is 4.57 Å². The second kappa shape index (κ2) is 10.7. The van der Waals surface area contributed by atoms with E-state index in [1.165, 1.54) is 11.1 Å². The van der Waals surface area contributed by atoms with Crippen LogP contribution in [0, 0.1) is 0 Å². The molecule has 12 rings (SSSR count). The van der Waals surface area contributed by atoms with Crippen LogP contribution in [0.15, 0.2) is 191 Å². The lowest BCUT2D eigenvalue weighted by atomic mass is 9.60. The zero-order valence-corrected chi connectivity index (χ0v) is 29.0. The first kappa shape index (κ1) is 29.4. The summed E-state index contributed by atoms with van der Waals surface area (Å²) in [5, 5.41) is 5.02. The normalized spacial score (nSPS) is 13.7. The fourth-order valence-electron chi connectivity index (χ4n) is 9.66. The molecular formula is C50H30N2O2. The summed E-state index contributed by atoms with van der Waals surface area (Å²) in [4.78, 5) is 16.9. The molecule has 0 radical (unpaired) electrons. The summed E-state index contributed by atoms with van der Waals surface area (Å²) in [5.74, 6) is 0. The quantitative estimate of drug-likeness (QED) is 0.170. The van der Waals surface area contributed by atoms with Gasteiger partial charge in [-0.2, -0.15) is 0 Å². The van der Waals surface area contributed by atoms with Crippen molar-refractivity contribution in [2.24, 2.45) is 0 Å². The number of rotatable bonds is 2. The Balaban J connectivity index is 1.12. The van der Waals surface area contributed by atoms with Crippen LogP contribution in [0.4, 0.5) is 17.1 Å². The van der Waals surface area contributed by atoms with Gasteiger partial charge in [0, 0.05) is 32.8 Å². The minimum Gasteiger partial charge on any atom is -0.455 e. The van der Waals surface area contributed by atoms with E-state index in [4.69, 9.17) is 4.42 Å². The van der Waals surface area contributed by atoms with E-state index in [2.05, 4.69) is 150 Å². The van der Waals surface area contributed by atoms with Crippen LogP contribution in [0.3, 0.4) is 0 Å². The van der Waals surface area contributed by atoms with E-state index in [0.29, 0.717) is 0 Å². The second-order valence-electron chi connectivity index (χ2n) is 14.4. The zero-order chi connectivity index (χ0) is 35.5. The fourth-order valence-corrected chi connectivity index (χ4v) is 9.66. The molecule has 0 N–H and O–H groups in total. The van der Waals surface area contributed by atoms with Crippen molar-refractivity contribution in [2.45, 2.75) is 5.41 Å². The van der Waals surface area contributed by atoms with E-state index in [1.807, 2.05) is 41.0 Å². The number of nitrogens with zero attached hydrogens (tertiary/aromatic N) is 2. The Morgan fingerprint density at radius 3 is 1.70 bits per heavy atom. The van der Waals surface area contributed by atoms with Gasteiger partial charge in [0.2, 0.25) is 0 Å². The molecule has 0 unspecified atom stereocenters. The van der Waals surface area contributed by atoms with Gasteiger partial charge in [0.25, 0.3) is 5.56 Å². The molecule has 1 spiro atoms. The molecule has 54 heavy (non-hydrogen) atoms. The molecule has 4 heterocycles. The van der Waals surface area contributed by atoms with Crippen molar-refractivity contribution < 1.29 is 4.42 Å². The average molecular weight is 691 g/mol. The number of aromatic nitrogens is 1. The summed E-state index contributed by atoms with van der Waals surface area (Å²) in [6.45, 7) is 0. The summed E-state index contributed by atoms with van der Waals surface area (Å²) in [6, 6.07) is 64.1. The van der Waals surface area contributed by atoms with Crippen molar-refractivity contribution in [3.63, 3.8) is 0 Å². The maximum atomic E-state index is 14.5. The fraction of sp³-hybridized carbons (Fsp3) is 0.0200. The van der Waals surface area contributed by atoms with Crippen LogP contribution >= 0.6 is 0 Å². The highest BCUT2D eigenvalue weighted by Gasteiger charge is 2.50. The summed E-state index contributed by atoms with van der Waals surface area (Å²) in [5.41, 5.74) is 13.0. The molecule has 0 atom stereocenters. The van der Waals surface area contributed by atoms with Crippen LogP contribution in [-0.2, 0) is 5.41 Å². The van der Waals surface area contributed by atoms with Gasteiger partial charge in [-0.1, -0.05) is 140 Å². The van der Waals surface area contributed by atoms with Crippen molar-refractivity contribution in [1.82, 2.24) is 4.57 Å². The Labute approximate surface area is 310 Å². The molecule has 0 bridgehead atoms. The highest BCUT2D eigenvalue weighted by Crippen LogP contribution is 2.61. The van der Waals surface area contributed by atoms with Gasteiger partial charge >= 0.3 is 0 Å². The molecule has 4 nitrogen and oxygen atoms in total. The number of pyridine rings is 1. The van der Waals surface area contributed by atoms with Crippen LogP contribution in [0.25, 0.3) is 60.4 Å². The minimum absolute atomic E-state index is 0.00489. The van der Waals surface area contributed by atoms with E-state index < -0.39 is 5.41 Å². The van der Waals surface area contributed by atoms with Gasteiger partial charge in [-0.25, -0.2) is 0 Å². The van der Waals surface area contributed by atoms with Crippen molar-refractivity contribution in [3.8, 4) is 16.8 Å². The Morgan fingerprint density at radius 2 is 0.963 bits per heavy atom. The lowest BCUT2D eigenvalue weighted by Crippen LogP contribution is -2.42. The molecule has 10 aromatic rings. The highest BCUT2D eigenvalue weighted by molar-refractivity contribution is 6.11. The number of hydrogen-bond donors (Lipinski definition) is 0. The van der Waals surface area contributed by atoms with Crippen LogP contribution in [0.5, 0.6) is 0 Å². The molecule has 0 saturated carbocycles. The number of benzene rings is 8. The maximum Gasteiger partial charge on any atom is 0.263 e. The number of fused-ring (bicyclic) bond motifs is 13. The lowest BCUT2D eigenvalue weighted by molar-refractivity contribution is 0.670. The Kier molecular flexibility index (Phi) is 5.82. The first-order valence-electron chi connectivity index (χ1n) is 18.4. The van der Waals surface area contributed by atoms with E-state index in [9.17, 15) is 4.79 Å². The van der Waals surface area contributed by atoms with Gasteiger partial charge in [0.15, 0.2) is 0 Å². The van der Waals surface area contributed by atoms with Gasteiger partial charge in [-0.3, -0.25) is 9.36 Å². The molecular weight excluding hydrogens is 661 g/mol. The molecule has 252 valence electrons. The SMILES string of the molecule is O=c1c2ccccc2c2cccc3c2n1-c1ccccc1C31c2ccccc2N(c2ccc(-c3cccc4c3oc3ccccc34)cc2)c2ccccc21. The van der Waals surface area contributed by atoms with Crippen LogP contribution in [0.2, 0.25) is 0 Å². The third kappa shape index (κ3) is 3.64. The van der Waals surface area contributed by atoms with Crippen molar-refractivity contribution in [2.75, 3.05) is 4.90 Å². The van der Waals surface area contributed by atoms with Crippen molar-refractivity contribution >= 4 is 60.7 Å². The van der Waals surface area contributed by atoms with Crippen molar-refractivity contribution in [3.05, 3.63) is 215 Å². The lowest BCUT2D eigenvalue weighted by Gasteiger charge is -2.49. The number of anilines is 3. The van der Waals surface area contributed by atoms with Gasteiger partial charge in [0.1, 0.15) is 11.2 Å². The molecule has 0 amide bonds. The zero-order valence-electron chi connectivity index (χ0n) is 29.0. The third-order valence-corrected chi connectivity index (χ3v) is 11.8. The Morgan fingerprint density at radius 1 is 0.426 bits per heavy atom. The highest BCUT2D eigenvalue weighted by atomic mass is 16.3. The second-order valence-corrected chi connectivity index (χ2v) is 14.4. The molecule has 2 aromatic heterocycles. The number of hydrogen-bond acceptors (Lipinski definition) is 3. The average Bonchev–Trinajstić information content (AvgIpc) is 3.62. The van der Waals surface area contributed by atoms with Gasteiger partial charge < -0.3 is 9.32 Å². The molecule has 8 aromatic carbocycles. The van der Waals surface area contributed by atoms with E-state index in [-0.39, 0.29) is 5.56 Å². The number of furan rings is 1. The molecule has 4 heteroatoms. The smallest absolute Gasteiger partial charge is 0.263 e. The summed E-state index contributed by atoms with van der Waals surface area (Å²) < 4.78 is 8.38.